The lowest BCUT2D eigenvalue weighted by atomic mass is 10.0. The van der Waals surface area contributed by atoms with Crippen LogP contribution in [0.1, 0.15) is 36.7 Å². The van der Waals surface area contributed by atoms with Crippen LogP contribution in [0.15, 0.2) is 48.5 Å². The average molecular weight is 469 g/mol. The number of anilines is 2. The Bertz CT molecular complexity index is 1210. The van der Waals surface area contributed by atoms with Crippen molar-refractivity contribution < 1.29 is 14.4 Å². The number of urea groups is 1. The zero-order valence-electron chi connectivity index (χ0n) is 17.3. The molecule has 0 fully saturated rings. The van der Waals surface area contributed by atoms with Crippen molar-refractivity contribution in [1.82, 2.24) is 4.90 Å². The Kier molecular flexibility index (Phi) is 6.16. The molecule has 0 saturated carbocycles. The van der Waals surface area contributed by atoms with Gasteiger partial charge in [-0.25, -0.2) is 4.79 Å². The molecule has 3 aromatic rings. The number of hydrogen-bond donors (Lipinski definition) is 3. The second-order valence-electron chi connectivity index (χ2n) is 7.47. The Balaban J connectivity index is 1.54. The normalized spacial score (nSPS) is 12.8. The molecule has 0 atom stereocenters. The minimum atomic E-state index is -0.601. The minimum absolute atomic E-state index is 0.289. The summed E-state index contributed by atoms with van der Waals surface area (Å²) < 4.78 is 0. The van der Waals surface area contributed by atoms with E-state index in [4.69, 9.17) is 17.3 Å². The molecule has 0 bridgehead atoms. The molecule has 164 valence electrons. The average Bonchev–Trinajstić information content (AvgIpc) is 3.12. The van der Waals surface area contributed by atoms with Gasteiger partial charge in [-0.1, -0.05) is 41.4 Å². The molecule has 0 radical (unpaired) electrons. The van der Waals surface area contributed by atoms with E-state index in [9.17, 15) is 14.4 Å². The number of hydrogen-bond acceptors (Lipinski definition) is 4. The molecule has 4 N–H and O–H groups in total. The molecule has 1 aliphatic heterocycles. The molecule has 7 nitrogen and oxygen atoms in total. The molecule has 32 heavy (non-hydrogen) atoms. The van der Waals surface area contributed by atoms with Gasteiger partial charge in [-0.3, -0.25) is 9.59 Å². The van der Waals surface area contributed by atoms with Crippen molar-refractivity contribution in [3.63, 3.8) is 0 Å². The number of fused-ring (bicyclic) bond motifs is 1. The molecule has 9 heteroatoms. The third kappa shape index (κ3) is 4.46. The molecule has 4 rings (SSSR count). The number of amides is 4. The lowest BCUT2D eigenvalue weighted by Gasteiger charge is -2.27. The van der Waals surface area contributed by atoms with Gasteiger partial charge in [0, 0.05) is 17.0 Å². The first-order chi connectivity index (χ1) is 15.3. The number of rotatable bonds is 4. The van der Waals surface area contributed by atoms with Crippen LogP contribution < -0.4 is 16.4 Å². The maximum atomic E-state index is 12.7. The van der Waals surface area contributed by atoms with Gasteiger partial charge < -0.3 is 21.3 Å². The molecule has 4 amide bonds. The summed E-state index contributed by atoms with van der Waals surface area (Å²) in [6, 6.07) is 13.9. The summed E-state index contributed by atoms with van der Waals surface area (Å²) in [7, 11) is 0. The number of nitrogens with zero attached hydrogens (tertiary/aromatic N) is 1. The summed E-state index contributed by atoms with van der Waals surface area (Å²) in [6.07, 6.45) is 0.459. The van der Waals surface area contributed by atoms with Crippen LogP contribution in [0.2, 0.25) is 5.02 Å². The highest BCUT2D eigenvalue weighted by Gasteiger charge is 2.29. The zero-order valence-corrected chi connectivity index (χ0v) is 18.8. The number of halogens is 1. The van der Waals surface area contributed by atoms with Gasteiger partial charge in [0.1, 0.15) is 5.00 Å². The number of benzene rings is 2. The summed E-state index contributed by atoms with van der Waals surface area (Å²) in [5.74, 6) is -0.921. The standard InChI is InChI=1S/C23H21ClN4O3S/c1-13-6-8-14(9-7-13)21(30)27-22-19(20(25)29)15-10-11-28(12-18(15)32-22)23(31)26-17-5-3-2-4-16(17)24/h2-9H,10-12H2,1H3,(H2,25,29)(H,26,31)(H,27,30). The summed E-state index contributed by atoms with van der Waals surface area (Å²) >= 11 is 7.40. The fourth-order valence-electron chi connectivity index (χ4n) is 3.56. The number of aryl methyl sites for hydroxylation is 1. The van der Waals surface area contributed by atoms with Crippen LogP contribution in [0.25, 0.3) is 0 Å². The van der Waals surface area contributed by atoms with Gasteiger partial charge in [-0.15, -0.1) is 11.3 Å². The number of para-hydroxylation sites is 1. The first kappa shape index (κ1) is 21.9. The van der Waals surface area contributed by atoms with Crippen molar-refractivity contribution >= 4 is 51.5 Å². The lowest BCUT2D eigenvalue weighted by molar-refractivity contribution is 0.1000. The predicted molar refractivity (Wildman–Crippen MR) is 127 cm³/mol. The van der Waals surface area contributed by atoms with E-state index in [-0.39, 0.29) is 11.9 Å². The van der Waals surface area contributed by atoms with Crippen molar-refractivity contribution in [3.8, 4) is 0 Å². The Morgan fingerprint density at radius 1 is 1.06 bits per heavy atom. The van der Waals surface area contributed by atoms with E-state index in [2.05, 4.69) is 10.6 Å². The zero-order chi connectivity index (χ0) is 22.8. The van der Waals surface area contributed by atoms with E-state index >= 15 is 0 Å². The van der Waals surface area contributed by atoms with Gasteiger partial charge >= 0.3 is 6.03 Å². The Morgan fingerprint density at radius 3 is 2.47 bits per heavy atom. The van der Waals surface area contributed by atoms with Gasteiger partial charge in [0.2, 0.25) is 0 Å². The smallest absolute Gasteiger partial charge is 0.322 e. The fraction of sp³-hybridized carbons (Fsp3) is 0.174. The third-order valence-corrected chi connectivity index (χ3v) is 6.71. The van der Waals surface area contributed by atoms with Crippen LogP contribution in [0, 0.1) is 6.92 Å². The molecule has 2 heterocycles. The van der Waals surface area contributed by atoms with Crippen LogP contribution in [0.3, 0.4) is 0 Å². The van der Waals surface area contributed by atoms with E-state index in [1.807, 2.05) is 19.1 Å². The topological polar surface area (TPSA) is 105 Å². The fourth-order valence-corrected chi connectivity index (χ4v) is 5.01. The molecule has 1 aromatic heterocycles. The molecule has 0 spiro atoms. The van der Waals surface area contributed by atoms with E-state index in [1.165, 1.54) is 11.3 Å². The maximum absolute atomic E-state index is 12.7. The third-order valence-electron chi connectivity index (χ3n) is 5.25. The summed E-state index contributed by atoms with van der Waals surface area (Å²) in [4.78, 5) is 40.1. The highest BCUT2D eigenvalue weighted by Crippen LogP contribution is 2.37. The van der Waals surface area contributed by atoms with Crippen LogP contribution in [0.4, 0.5) is 15.5 Å². The highest BCUT2D eigenvalue weighted by atomic mass is 35.5. The van der Waals surface area contributed by atoms with E-state index in [0.29, 0.717) is 46.3 Å². The molecule has 1 aliphatic rings. The van der Waals surface area contributed by atoms with E-state index < -0.39 is 5.91 Å². The molecule has 0 aliphatic carbocycles. The van der Waals surface area contributed by atoms with Gasteiger partial charge in [0.25, 0.3) is 11.8 Å². The van der Waals surface area contributed by atoms with Crippen LogP contribution in [-0.2, 0) is 13.0 Å². The Morgan fingerprint density at radius 2 is 1.78 bits per heavy atom. The van der Waals surface area contributed by atoms with Crippen molar-refractivity contribution in [2.24, 2.45) is 5.73 Å². The van der Waals surface area contributed by atoms with Crippen molar-refractivity contribution in [2.45, 2.75) is 19.9 Å². The quantitative estimate of drug-likeness (QED) is 0.519. The van der Waals surface area contributed by atoms with Crippen molar-refractivity contribution in [3.05, 3.63) is 80.7 Å². The monoisotopic (exact) mass is 468 g/mol. The number of carbonyl (C=O) groups excluding carboxylic acids is 3. The predicted octanol–water partition coefficient (Wildman–Crippen LogP) is 4.65. The van der Waals surface area contributed by atoms with Crippen molar-refractivity contribution in [2.75, 3.05) is 17.2 Å². The van der Waals surface area contributed by atoms with E-state index in [1.54, 1.807) is 41.3 Å². The first-order valence-corrected chi connectivity index (χ1v) is 11.2. The second kappa shape index (κ2) is 9.02. The number of primary amides is 1. The van der Waals surface area contributed by atoms with Gasteiger partial charge in [0.15, 0.2) is 0 Å². The summed E-state index contributed by atoms with van der Waals surface area (Å²) in [6.45, 7) is 2.65. The first-order valence-electron chi connectivity index (χ1n) is 9.96. The summed E-state index contributed by atoms with van der Waals surface area (Å²) in [5.41, 5.74) is 8.79. The van der Waals surface area contributed by atoms with Gasteiger partial charge in [-0.05, 0) is 43.2 Å². The van der Waals surface area contributed by atoms with Crippen molar-refractivity contribution in [1.29, 1.82) is 0 Å². The maximum Gasteiger partial charge on any atom is 0.322 e. The van der Waals surface area contributed by atoms with Gasteiger partial charge in [-0.2, -0.15) is 0 Å². The van der Waals surface area contributed by atoms with Gasteiger partial charge in [0.05, 0.1) is 22.8 Å². The number of carbonyl (C=O) groups is 3. The molecular formula is C23H21ClN4O3S. The van der Waals surface area contributed by atoms with Crippen LogP contribution in [0.5, 0.6) is 0 Å². The summed E-state index contributed by atoms with van der Waals surface area (Å²) in [5, 5.41) is 6.48. The number of nitrogens with one attached hydrogen (secondary N) is 2. The number of nitrogens with two attached hydrogens (primary N) is 1. The minimum Gasteiger partial charge on any atom is -0.365 e. The largest absolute Gasteiger partial charge is 0.365 e. The molecule has 2 aromatic carbocycles. The SMILES string of the molecule is Cc1ccc(C(=O)Nc2sc3c(c2C(N)=O)CCN(C(=O)Nc2ccccc2Cl)C3)cc1. The van der Waals surface area contributed by atoms with E-state index in [0.717, 1.165) is 16.0 Å². The molecule has 0 unspecified atom stereocenters. The van der Waals surface area contributed by atoms with Crippen LogP contribution >= 0.6 is 22.9 Å². The Labute approximate surface area is 194 Å². The highest BCUT2D eigenvalue weighted by molar-refractivity contribution is 7.17. The number of thiophene rings is 1. The second-order valence-corrected chi connectivity index (χ2v) is 8.99. The Hall–Kier alpha value is -3.36. The molecule has 0 saturated heterocycles. The van der Waals surface area contributed by atoms with Crippen LogP contribution in [-0.4, -0.2) is 29.3 Å². The lowest BCUT2D eigenvalue weighted by Crippen LogP contribution is -2.38. The molecular weight excluding hydrogens is 448 g/mol.